The summed E-state index contributed by atoms with van der Waals surface area (Å²) in [5, 5.41) is 1.92. The molecule has 0 saturated heterocycles. The lowest BCUT2D eigenvalue weighted by atomic mass is 10.1. The quantitative estimate of drug-likeness (QED) is 0.682. The van der Waals surface area contributed by atoms with Gasteiger partial charge in [0.2, 0.25) is 0 Å². The van der Waals surface area contributed by atoms with Crippen LogP contribution >= 0.6 is 27.3 Å². The number of aromatic nitrogens is 2. The first-order valence-electron chi connectivity index (χ1n) is 5.53. The predicted octanol–water partition coefficient (Wildman–Crippen LogP) is 3.72. The Hall–Kier alpha value is -1.53. The Morgan fingerprint density at radius 1 is 1.47 bits per heavy atom. The Balaban J connectivity index is 1.88. The molecular weight excluding hydrogens is 331 g/mol. The van der Waals surface area contributed by atoms with E-state index in [0.29, 0.717) is 10.2 Å². The number of benzene rings is 1. The van der Waals surface area contributed by atoms with Crippen molar-refractivity contribution in [2.24, 2.45) is 0 Å². The van der Waals surface area contributed by atoms with Crippen molar-refractivity contribution in [3.05, 3.63) is 57.5 Å². The molecule has 2 aromatic heterocycles. The fraction of sp³-hybridized carbons (Fsp3) is 0.0769. The lowest BCUT2D eigenvalue weighted by Gasteiger charge is -2.02. The highest BCUT2D eigenvalue weighted by Gasteiger charge is 2.16. The maximum atomic E-state index is 13.8. The van der Waals surface area contributed by atoms with E-state index < -0.39 is 5.82 Å². The van der Waals surface area contributed by atoms with Gasteiger partial charge in [-0.1, -0.05) is 6.07 Å². The summed E-state index contributed by atoms with van der Waals surface area (Å²) < 4.78 is 16.0. The molecule has 1 aromatic carbocycles. The minimum absolute atomic E-state index is 0.0886. The third kappa shape index (κ3) is 2.33. The number of carbonyl (C=O) groups excluding carboxylic acids is 1. The predicted molar refractivity (Wildman–Crippen MR) is 75.2 cm³/mol. The summed E-state index contributed by atoms with van der Waals surface area (Å²) in [6, 6.07) is 4.70. The van der Waals surface area contributed by atoms with Crippen LogP contribution in [-0.2, 0) is 6.42 Å². The van der Waals surface area contributed by atoms with Crippen LogP contribution in [0.3, 0.4) is 0 Å². The van der Waals surface area contributed by atoms with E-state index in [4.69, 9.17) is 0 Å². The van der Waals surface area contributed by atoms with E-state index >= 15 is 0 Å². The highest BCUT2D eigenvalue weighted by molar-refractivity contribution is 9.10. The number of ketones is 1. The van der Waals surface area contributed by atoms with Crippen LogP contribution in [0.5, 0.6) is 0 Å². The maximum absolute atomic E-state index is 13.8. The normalized spacial score (nSPS) is 11.1. The third-order valence-corrected chi connectivity index (χ3v) is 4.12. The molecule has 19 heavy (non-hydrogen) atoms. The molecule has 3 aromatic rings. The molecule has 0 amide bonds. The lowest BCUT2D eigenvalue weighted by molar-refractivity contribution is 0.0988. The zero-order chi connectivity index (χ0) is 13.4. The number of carbonyl (C=O) groups is 1. The van der Waals surface area contributed by atoms with E-state index in [2.05, 4.69) is 20.9 Å². The van der Waals surface area contributed by atoms with Crippen molar-refractivity contribution < 1.29 is 9.18 Å². The minimum atomic E-state index is -0.520. The van der Waals surface area contributed by atoms with E-state index in [9.17, 15) is 9.18 Å². The van der Waals surface area contributed by atoms with Gasteiger partial charge in [0.15, 0.2) is 10.7 Å². The summed E-state index contributed by atoms with van der Waals surface area (Å²) >= 11 is 4.57. The van der Waals surface area contributed by atoms with Crippen molar-refractivity contribution >= 4 is 38.0 Å². The largest absolute Gasteiger partial charge is 0.297 e. The Labute approximate surface area is 120 Å². The van der Waals surface area contributed by atoms with Gasteiger partial charge in [-0.3, -0.25) is 9.20 Å². The topological polar surface area (TPSA) is 34.4 Å². The first kappa shape index (κ1) is 12.5. The molecule has 0 saturated carbocycles. The van der Waals surface area contributed by atoms with Crippen LogP contribution in [0, 0.1) is 5.82 Å². The van der Waals surface area contributed by atoms with Crippen LogP contribution in [-0.4, -0.2) is 15.2 Å². The monoisotopic (exact) mass is 338 g/mol. The van der Waals surface area contributed by atoms with Crippen LogP contribution in [0.15, 0.2) is 40.4 Å². The molecule has 96 valence electrons. The standard InChI is InChI=1S/C13H8BrFN2OS/c14-10-3-1-2-9(12(10)15)11(18)6-8-7-17-4-5-19-13(17)16-8/h1-5,7H,6H2. The summed E-state index contributed by atoms with van der Waals surface area (Å²) in [5.41, 5.74) is 0.738. The summed E-state index contributed by atoms with van der Waals surface area (Å²) in [7, 11) is 0. The highest BCUT2D eigenvalue weighted by Crippen LogP contribution is 2.20. The summed E-state index contributed by atoms with van der Waals surface area (Å²) in [6.45, 7) is 0. The van der Waals surface area contributed by atoms with Gasteiger partial charge in [0.25, 0.3) is 0 Å². The summed E-state index contributed by atoms with van der Waals surface area (Å²) in [6.07, 6.45) is 3.77. The average molecular weight is 339 g/mol. The maximum Gasteiger partial charge on any atom is 0.193 e. The second-order valence-corrected chi connectivity index (χ2v) is 5.75. The van der Waals surface area contributed by atoms with Crippen molar-refractivity contribution in [3.63, 3.8) is 0 Å². The molecule has 0 aliphatic heterocycles. The van der Waals surface area contributed by atoms with Gasteiger partial charge >= 0.3 is 0 Å². The SMILES string of the molecule is O=C(Cc1cn2ccsc2n1)c1cccc(Br)c1F. The molecule has 0 atom stereocenters. The first-order valence-corrected chi connectivity index (χ1v) is 7.20. The number of hydrogen-bond donors (Lipinski definition) is 0. The van der Waals surface area contributed by atoms with Crippen LogP contribution in [0.4, 0.5) is 4.39 Å². The van der Waals surface area contributed by atoms with E-state index in [1.807, 2.05) is 16.0 Å². The smallest absolute Gasteiger partial charge is 0.193 e. The molecule has 0 unspecified atom stereocenters. The molecule has 0 radical (unpaired) electrons. The van der Waals surface area contributed by atoms with Crippen LogP contribution in [0.2, 0.25) is 0 Å². The zero-order valence-electron chi connectivity index (χ0n) is 9.64. The number of halogens is 2. The van der Waals surface area contributed by atoms with Gasteiger partial charge in [0.05, 0.1) is 22.2 Å². The van der Waals surface area contributed by atoms with Crippen LogP contribution in [0.1, 0.15) is 16.1 Å². The van der Waals surface area contributed by atoms with Crippen molar-refractivity contribution in [3.8, 4) is 0 Å². The Morgan fingerprint density at radius 2 is 2.32 bits per heavy atom. The number of Topliss-reactive ketones (excluding diaryl/α,β-unsaturated/α-hetero) is 1. The van der Waals surface area contributed by atoms with Gasteiger partial charge in [0.1, 0.15) is 5.82 Å². The Bertz CT molecular complexity index is 736. The highest BCUT2D eigenvalue weighted by atomic mass is 79.9. The van der Waals surface area contributed by atoms with Crippen molar-refractivity contribution in [2.45, 2.75) is 6.42 Å². The molecule has 0 aliphatic carbocycles. The zero-order valence-corrected chi connectivity index (χ0v) is 12.0. The molecule has 0 bridgehead atoms. The van der Waals surface area contributed by atoms with Gasteiger partial charge in [-0.25, -0.2) is 9.37 Å². The number of imidazole rings is 1. The molecule has 0 spiro atoms. The number of nitrogens with zero attached hydrogens (tertiary/aromatic N) is 2. The molecule has 6 heteroatoms. The Morgan fingerprint density at radius 3 is 3.11 bits per heavy atom. The molecule has 2 heterocycles. The molecule has 3 nitrogen and oxygen atoms in total. The fourth-order valence-corrected chi connectivity index (χ4v) is 2.93. The number of hydrogen-bond acceptors (Lipinski definition) is 3. The molecule has 0 fully saturated rings. The summed E-state index contributed by atoms with van der Waals surface area (Å²) in [4.78, 5) is 17.2. The van der Waals surface area contributed by atoms with Gasteiger partial charge in [0, 0.05) is 17.8 Å². The van der Waals surface area contributed by atoms with E-state index in [1.165, 1.54) is 17.4 Å². The van der Waals surface area contributed by atoms with E-state index in [0.717, 1.165) is 4.96 Å². The number of thiazole rings is 1. The second-order valence-electron chi connectivity index (χ2n) is 4.03. The molecule has 0 aliphatic rings. The number of fused-ring (bicyclic) bond motifs is 1. The van der Waals surface area contributed by atoms with Gasteiger partial charge in [-0.05, 0) is 28.1 Å². The van der Waals surface area contributed by atoms with E-state index in [1.54, 1.807) is 18.3 Å². The van der Waals surface area contributed by atoms with Crippen molar-refractivity contribution in [1.29, 1.82) is 0 Å². The van der Waals surface area contributed by atoms with Gasteiger partial charge < -0.3 is 0 Å². The van der Waals surface area contributed by atoms with Crippen LogP contribution < -0.4 is 0 Å². The second kappa shape index (κ2) is 4.86. The number of rotatable bonds is 3. The minimum Gasteiger partial charge on any atom is -0.297 e. The van der Waals surface area contributed by atoms with Gasteiger partial charge in [-0.15, -0.1) is 11.3 Å². The Kier molecular flexibility index (Phi) is 3.20. The average Bonchev–Trinajstić information content (AvgIpc) is 2.93. The summed E-state index contributed by atoms with van der Waals surface area (Å²) in [5.74, 6) is -0.793. The van der Waals surface area contributed by atoms with E-state index in [-0.39, 0.29) is 17.8 Å². The van der Waals surface area contributed by atoms with Crippen molar-refractivity contribution in [1.82, 2.24) is 9.38 Å². The molecule has 3 rings (SSSR count). The molecular formula is C13H8BrFN2OS. The fourth-order valence-electron chi connectivity index (χ4n) is 1.84. The van der Waals surface area contributed by atoms with Crippen molar-refractivity contribution in [2.75, 3.05) is 0 Å². The molecule has 0 N–H and O–H groups in total. The third-order valence-electron chi connectivity index (χ3n) is 2.74. The lowest BCUT2D eigenvalue weighted by Crippen LogP contribution is -2.06. The van der Waals surface area contributed by atoms with Gasteiger partial charge in [-0.2, -0.15) is 0 Å². The first-order chi connectivity index (χ1) is 9.15. The van der Waals surface area contributed by atoms with Crippen LogP contribution in [0.25, 0.3) is 4.96 Å².